The van der Waals surface area contributed by atoms with Gasteiger partial charge in [0, 0.05) is 10.5 Å². The second kappa shape index (κ2) is 4.70. The fraction of sp³-hybridized carbons (Fsp3) is 0.167. The van der Waals surface area contributed by atoms with E-state index >= 15 is 0 Å². The molecule has 0 bridgehead atoms. The standard InChI is InChI=1S/C12H11BrN4/c1-8(15)12-6-16-7-17(12)11-3-2-9(5-14)4-10(11)13/h2-4,6-8H,15H2,1H3/t8-/m0/s1. The minimum Gasteiger partial charge on any atom is -0.323 e. The normalized spacial score (nSPS) is 12.1. The highest BCUT2D eigenvalue weighted by molar-refractivity contribution is 9.10. The number of aromatic nitrogens is 2. The first kappa shape index (κ1) is 11.8. The van der Waals surface area contributed by atoms with Crippen LogP contribution in [0, 0.1) is 11.3 Å². The smallest absolute Gasteiger partial charge is 0.0995 e. The fourth-order valence-corrected chi connectivity index (χ4v) is 2.19. The van der Waals surface area contributed by atoms with Crippen LogP contribution in [-0.2, 0) is 0 Å². The fourth-order valence-electron chi connectivity index (χ4n) is 1.62. The van der Waals surface area contributed by atoms with E-state index < -0.39 is 0 Å². The molecule has 1 aromatic carbocycles. The summed E-state index contributed by atoms with van der Waals surface area (Å²) in [6, 6.07) is 7.42. The second-order valence-corrected chi connectivity index (χ2v) is 4.61. The first-order chi connectivity index (χ1) is 8.13. The van der Waals surface area contributed by atoms with Gasteiger partial charge in [0.15, 0.2) is 0 Å². The Morgan fingerprint density at radius 1 is 1.53 bits per heavy atom. The second-order valence-electron chi connectivity index (χ2n) is 3.76. The summed E-state index contributed by atoms with van der Waals surface area (Å²) in [5.74, 6) is 0. The topological polar surface area (TPSA) is 67.6 Å². The van der Waals surface area contributed by atoms with Crippen LogP contribution in [0.1, 0.15) is 24.2 Å². The maximum atomic E-state index is 8.82. The molecule has 2 N–H and O–H groups in total. The van der Waals surface area contributed by atoms with Crippen LogP contribution in [0.4, 0.5) is 0 Å². The summed E-state index contributed by atoms with van der Waals surface area (Å²) < 4.78 is 2.76. The summed E-state index contributed by atoms with van der Waals surface area (Å²) in [7, 11) is 0. The van der Waals surface area contributed by atoms with Gasteiger partial charge in [0.05, 0.1) is 35.5 Å². The van der Waals surface area contributed by atoms with Gasteiger partial charge >= 0.3 is 0 Å². The Kier molecular flexibility index (Phi) is 3.27. The zero-order valence-corrected chi connectivity index (χ0v) is 10.8. The van der Waals surface area contributed by atoms with Crippen LogP contribution in [0.2, 0.25) is 0 Å². The number of rotatable bonds is 2. The highest BCUT2D eigenvalue weighted by atomic mass is 79.9. The molecule has 86 valence electrons. The van der Waals surface area contributed by atoms with Crippen molar-refractivity contribution in [1.29, 1.82) is 5.26 Å². The van der Waals surface area contributed by atoms with Crippen LogP contribution in [0.25, 0.3) is 5.69 Å². The Morgan fingerprint density at radius 2 is 2.29 bits per heavy atom. The summed E-state index contributed by atoms with van der Waals surface area (Å²) in [5.41, 5.74) is 8.34. The average Bonchev–Trinajstić information content (AvgIpc) is 2.77. The Hall–Kier alpha value is -1.64. The molecule has 0 aliphatic carbocycles. The Balaban J connectivity index is 2.54. The van der Waals surface area contributed by atoms with Gasteiger partial charge in [-0.25, -0.2) is 4.98 Å². The molecule has 1 heterocycles. The van der Waals surface area contributed by atoms with E-state index in [1.165, 1.54) is 0 Å². The van der Waals surface area contributed by atoms with Gasteiger partial charge < -0.3 is 10.3 Å². The van der Waals surface area contributed by atoms with Gasteiger partial charge in [-0.3, -0.25) is 0 Å². The SMILES string of the molecule is C[C@H](N)c1cncn1-c1ccc(C#N)cc1Br. The molecule has 0 radical (unpaired) electrons. The lowest BCUT2D eigenvalue weighted by Crippen LogP contribution is -2.10. The van der Waals surface area contributed by atoms with E-state index in [9.17, 15) is 0 Å². The lowest BCUT2D eigenvalue weighted by Gasteiger charge is -2.12. The molecule has 0 unspecified atom stereocenters. The Bertz CT molecular complexity index is 580. The highest BCUT2D eigenvalue weighted by Gasteiger charge is 2.11. The summed E-state index contributed by atoms with van der Waals surface area (Å²) in [4.78, 5) is 4.10. The summed E-state index contributed by atoms with van der Waals surface area (Å²) in [5, 5.41) is 8.82. The van der Waals surface area contributed by atoms with Gasteiger partial charge in [-0.05, 0) is 41.1 Å². The average molecular weight is 291 g/mol. The zero-order chi connectivity index (χ0) is 12.4. The summed E-state index contributed by atoms with van der Waals surface area (Å²) >= 11 is 3.45. The predicted molar refractivity (Wildman–Crippen MR) is 68.6 cm³/mol. The first-order valence-corrected chi connectivity index (χ1v) is 5.90. The van der Waals surface area contributed by atoms with Crippen LogP contribution in [0.5, 0.6) is 0 Å². The van der Waals surface area contributed by atoms with E-state index in [-0.39, 0.29) is 6.04 Å². The van der Waals surface area contributed by atoms with Gasteiger partial charge in [0.25, 0.3) is 0 Å². The molecule has 0 aliphatic heterocycles. The molecule has 0 aliphatic rings. The zero-order valence-electron chi connectivity index (χ0n) is 9.26. The van der Waals surface area contributed by atoms with Crippen molar-refractivity contribution in [2.24, 2.45) is 5.73 Å². The van der Waals surface area contributed by atoms with Crippen LogP contribution in [-0.4, -0.2) is 9.55 Å². The van der Waals surface area contributed by atoms with Crippen molar-refractivity contribution in [3.05, 3.63) is 46.5 Å². The lowest BCUT2D eigenvalue weighted by atomic mass is 10.2. The third kappa shape index (κ3) is 2.23. The molecule has 0 fully saturated rings. The van der Waals surface area contributed by atoms with Crippen molar-refractivity contribution in [3.63, 3.8) is 0 Å². The molecular formula is C12H11BrN4. The molecule has 1 aromatic heterocycles. The predicted octanol–water partition coefficient (Wildman–Crippen LogP) is 2.53. The molecule has 2 rings (SSSR count). The van der Waals surface area contributed by atoms with Gasteiger partial charge in [-0.1, -0.05) is 0 Å². The maximum absolute atomic E-state index is 8.82. The Labute approximate surface area is 108 Å². The monoisotopic (exact) mass is 290 g/mol. The van der Waals surface area contributed by atoms with Gasteiger partial charge in [0.2, 0.25) is 0 Å². The molecule has 17 heavy (non-hydrogen) atoms. The van der Waals surface area contributed by atoms with E-state index in [0.29, 0.717) is 5.56 Å². The van der Waals surface area contributed by atoms with Crippen LogP contribution in [0.15, 0.2) is 35.2 Å². The van der Waals surface area contributed by atoms with Gasteiger partial charge in [-0.15, -0.1) is 0 Å². The van der Waals surface area contributed by atoms with Crippen molar-refractivity contribution in [2.45, 2.75) is 13.0 Å². The van der Waals surface area contributed by atoms with E-state index in [1.54, 1.807) is 24.7 Å². The van der Waals surface area contributed by atoms with Crippen molar-refractivity contribution in [1.82, 2.24) is 9.55 Å². The van der Waals surface area contributed by atoms with Crippen molar-refractivity contribution in [3.8, 4) is 11.8 Å². The van der Waals surface area contributed by atoms with Crippen molar-refractivity contribution >= 4 is 15.9 Å². The molecule has 0 spiro atoms. The number of hydrogen-bond donors (Lipinski definition) is 1. The largest absolute Gasteiger partial charge is 0.323 e. The minimum absolute atomic E-state index is 0.0972. The maximum Gasteiger partial charge on any atom is 0.0995 e. The molecule has 0 amide bonds. The van der Waals surface area contributed by atoms with E-state index in [0.717, 1.165) is 15.9 Å². The summed E-state index contributed by atoms with van der Waals surface area (Å²) in [6.45, 7) is 1.91. The lowest BCUT2D eigenvalue weighted by molar-refractivity contribution is 0.751. The molecule has 2 aromatic rings. The number of nitrogens with two attached hydrogens (primary N) is 1. The number of hydrogen-bond acceptors (Lipinski definition) is 3. The third-order valence-corrected chi connectivity index (χ3v) is 3.11. The molecular weight excluding hydrogens is 280 g/mol. The van der Waals surface area contributed by atoms with Gasteiger partial charge in [-0.2, -0.15) is 5.26 Å². The molecule has 4 nitrogen and oxygen atoms in total. The number of imidazole rings is 1. The number of nitriles is 1. The minimum atomic E-state index is -0.0972. The molecule has 0 saturated heterocycles. The van der Waals surface area contributed by atoms with E-state index in [4.69, 9.17) is 11.0 Å². The van der Waals surface area contributed by atoms with Gasteiger partial charge in [0.1, 0.15) is 0 Å². The molecule has 1 atom stereocenters. The third-order valence-electron chi connectivity index (χ3n) is 2.47. The van der Waals surface area contributed by atoms with E-state index in [1.807, 2.05) is 17.6 Å². The quantitative estimate of drug-likeness (QED) is 0.924. The van der Waals surface area contributed by atoms with Crippen LogP contribution in [0.3, 0.4) is 0 Å². The highest BCUT2D eigenvalue weighted by Crippen LogP contribution is 2.25. The first-order valence-electron chi connectivity index (χ1n) is 5.11. The van der Waals surface area contributed by atoms with Crippen LogP contribution < -0.4 is 5.73 Å². The molecule has 0 saturated carbocycles. The molecule has 5 heteroatoms. The number of benzene rings is 1. The van der Waals surface area contributed by atoms with E-state index in [2.05, 4.69) is 27.0 Å². The Morgan fingerprint density at radius 3 is 2.88 bits per heavy atom. The van der Waals surface area contributed by atoms with Crippen molar-refractivity contribution in [2.75, 3.05) is 0 Å². The number of nitrogens with zero attached hydrogens (tertiary/aromatic N) is 3. The van der Waals surface area contributed by atoms with Crippen LogP contribution >= 0.6 is 15.9 Å². The number of halogens is 1. The summed E-state index contributed by atoms with van der Waals surface area (Å²) in [6.07, 6.45) is 3.46. The van der Waals surface area contributed by atoms with Crippen molar-refractivity contribution < 1.29 is 0 Å².